The molecular weight excluding hydrogens is 138 g/mol. The monoisotopic (exact) mass is 157 g/mol. The smallest absolute Gasteiger partial charge is 0.113 e. The minimum absolute atomic E-state index is 0.384. The molecule has 0 N–H and O–H groups in total. The van der Waals surface area contributed by atoms with E-state index in [0.717, 1.165) is 13.2 Å². The molecule has 0 amide bonds. The van der Waals surface area contributed by atoms with Crippen molar-refractivity contribution in [3.05, 3.63) is 0 Å². The van der Waals surface area contributed by atoms with Crippen LogP contribution >= 0.6 is 0 Å². The molecule has 0 aromatic heterocycles. The first-order valence-corrected chi connectivity index (χ1v) is 4.61. The highest BCUT2D eigenvalue weighted by atomic mass is 16.5. The van der Waals surface area contributed by atoms with Crippen LogP contribution in [0, 0.1) is 5.92 Å². The fourth-order valence-electron chi connectivity index (χ4n) is 1.66. The van der Waals surface area contributed by atoms with Gasteiger partial charge in [-0.1, -0.05) is 20.8 Å². The highest BCUT2D eigenvalue weighted by Gasteiger charge is 2.26. The molecule has 1 heterocycles. The Kier molecular flexibility index (Phi) is 3.34. The summed E-state index contributed by atoms with van der Waals surface area (Å²) in [6, 6.07) is 0. The SMILES string of the molecule is CCCN1CCOC1C(C)C. The molecule has 0 aromatic carbocycles. The molecule has 1 atom stereocenters. The van der Waals surface area contributed by atoms with E-state index in [1.165, 1.54) is 13.0 Å². The average molecular weight is 157 g/mol. The number of ether oxygens (including phenoxy) is 1. The molecule has 0 radical (unpaired) electrons. The third-order valence-electron chi connectivity index (χ3n) is 2.11. The predicted octanol–water partition coefficient (Wildman–Crippen LogP) is 1.71. The van der Waals surface area contributed by atoms with Crippen LogP contribution in [0.4, 0.5) is 0 Å². The van der Waals surface area contributed by atoms with Gasteiger partial charge in [0.1, 0.15) is 6.23 Å². The molecule has 66 valence electrons. The van der Waals surface area contributed by atoms with Gasteiger partial charge in [0.25, 0.3) is 0 Å². The molecule has 0 saturated carbocycles. The van der Waals surface area contributed by atoms with Crippen molar-refractivity contribution < 1.29 is 4.74 Å². The van der Waals surface area contributed by atoms with Gasteiger partial charge in [-0.2, -0.15) is 0 Å². The molecule has 0 aromatic rings. The van der Waals surface area contributed by atoms with E-state index in [9.17, 15) is 0 Å². The van der Waals surface area contributed by atoms with Crippen LogP contribution in [-0.2, 0) is 4.74 Å². The predicted molar refractivity (Wildman–Crippen MR) is 46.4 cm³/mol. The van der Waals surface area contributed by atoms with Gasteiger partial charge in [-0.15, -0.1) is 0 Å². The van der Waals surface area contributed by atoms with Gasteiger partial charge in [0.05, 0.1) is 6.61 Å². The minimum Gasteiger partial charge on any atom is -0.362 e. The Morgan fingerprint density at radius 2 is 2.27 bits per heavy atom. The third-order valence-corrected chi connectivity index (χ3v) is 2.11. The van der Waals surface area contributed by atoms with Gasteiger partial charge in [0.2, 0.25) is 0 Å². The quantitative estimate of drug-likeness (QED) is 0.618. The van der Waals surface area contributed by atoms with Crippen molar-refractivity contribution in [2.45, 2.75) is 33.4 Å². The highest BCUT2D eigenvalue weighted by Crippen LogP contribution is 2.17. The molecule has 1 unspecified atom stereocenters. The standard InChI is InChI=1S/C9H19NO/c1-4-5-10-6-7-11-9(10)8(2)3/h8-9H,4-7H2,1-3H3. The number of hydrogen-bond acceptors (Lipinski definition) is 2. The third kappa shape index (κ3) is 2.17. The Labute approximate surface area is 69.5 Å². The molecule has 2 nitrogen and oxygen atoms in total. The summed E-state index contributed by atoms with van der Waals surface area (Å²) in [5.41, 5.74) is 0. The Bertz CT molecular complexity index is 114. The van der Waals surface area contributed by atoms with Gasteiger partial charge in [-0.25, -0.2) is 0 Å². The summed E-state index contributed by atoms with van der Waals surface area (Å²) in [6.45, 7) is 9.88. The summed E-state index contributed by atoms with van der Waals surface area (Å²) in [7, 11) is 0. The van der Waals surface area contributed by atoms with Gasteiger partial charge in [0, 0.05) is 13.1 Å². The summed E-state index contributed by atoms with van der Waals surface area (Å²) in [5.74, 6) is 0.629. The average Bonchev–Trinajstić information content (AvgIpc) is 2.36. The van der Waals surface area contributed by atoms with Crippen LogP contribution in [0.2, 0.25) is 0 Å². The van der Waals surface area contributed by atoms with Gasteiger partial charge in [-0.05, 0) is 12.3 Å². The Morgan fingerprint density at radius 1 is 1.55 bits per heavy atom. The van der Waals surface area contributed by atoms with Crippen LogP contribution in [0.1, 0.15) is 27.2 Å². The Hall–Kier alpha value is -0.0800. The summed E-state index contributed by atoms with van der Waals surface area (Å²) in [5, 5.41) is 0. The maximum Gasteiger partial charge on any atom is 0.113 e. The molecule has 0 aliphatic carbocycles. The van der Waals surface area contributed by atoms with Gasteiger partial charge in [-0.3, -0.25) is 4.90 Å². The van der Waals surface area contributed by atoms with E-state index in [0.29, 0.717) is 12.1 Å². The van der Waals surface area contributed by atoms with Crippen LogP contribution in [0.3, 0.4) is 0 Å². The molecule has 1 aliphatic rings. The lowest BCUT2D eigenvalue weighted by molar-refractivity contribution is -0.00158. The van der Waals surface area contributed by atoms with Crippen LogP contribution in [0.25, 0.3) is 0 Å². The van der Waals surface area contributed by atoms with Crippen molar-refractivity contribution in [2.75, 3.05) is 19.7 Å². The van der Waals surface area contributed by atoms with Crippen molar-refractivity contribution >= 4 is 0 Å². The summed E-state index contributed by atoms with van der Waals surface area (Å²) in [4.78, 5) is 2.44. The first-order valence-electron chi connectivity index (χ1n) is 4.61. The first kappa shape index (κ1) is 9.01. The lowest BCUT2D eigenvalue weighted by Crippen LogP contribution is -2.34. The zero-order chi connectivity index (χ0) is 8.27. The first-order chi connectivity index (χ1) is 5.25. The van der Waals surface area contributed by atoms with E-state index in [4.69, 9.17) is 4.74 Å². The van der Waals surface area contributed by atoms with Gasteiger partial charge in [0.15, 0.2) is 0 Å². The second-order valence-corrected chi connectivity index (χ2v) is 3.54. The minimum atomic E-state index is 0.384. The zero-order valence-corrected chi connectivity index (χ0v) is 7.84. The Balaban J connectivity index is 2.37. The van der Waals surface area contributed by atoms with E-state index < -0.39 is 0 Å². The fourth-order valence-corrected chi connectivity index (χ4v) is 1.66. The lowest BCUT2D eigenvalue weighted by Gasteiger charge is -2.25. The van der Waals surface area contributed by atoms with Gasteiger partial charge >= 0.3 is 0 Å². The molecule has 1 aliphatic heterocycles. The second-order valence-electron chi connectivity index (χ2n) is 3.54. The molecule has 0 bridgehead atoms. The molecule has 2 heteroatoms. The van der Waals surface area contributed by atoms with Crippen molar-refractivity contribution in [1.82, 2.24) is 4.90 Å². The molecule has 1 saturated heterocycles. The van der Waals surface area contributed by atoms with Crippen molar-refractivity contribution in [3.63, 3.8) is 0 Å². The van der Waals surface area contributed by atoms with Crippen molar-refractivity contribution in [1.29, 1.82) is 0 Å². The fraction of sp³-hybridized carbons (Fsp3) is 1.00. The number of rotatable bonds is 3. The van der Waals surface area contributed by atoms with E-state index in [1.807, 2.05) is 0 Å². The van der Waals surface area contributed by atoms with E-state index in [2.05, 4.69) is 25.7 Å². The van der Waals surface area contributed by atoms with E-state index >= 15 is 0 Å². The maximum atomic E-state index is 5.61. The van der Waals surface area contributed by atoms with Crippen molar-refractivity contribution in [2.24, 2.45) is 5.92 Å². The van der Waals surface area contributed by atoms with Gasteiger partial charge < -0.3 is 4.74 Å². The van der Waals surface area contributed by atoms with Crippen molar-refractivity contribution in [3.8, 4) is 0 Å². The number of hydrogen-bond donors (Lipinski definition) is 0. The molecule has 1 fully saturated rings. The second kappa shape index (κ2) is 4.07. The van der Waals surface area contributed by atoms with Crippen LogP contribution in [-0.4, -0.2) is 30.8 Å². The molecular formula is C9H19NO. The summed E-state index contributed by atoms with van der Waals surface area (Å²) in [6.07, 6.45) is 1.61. The normalized spacial score (nSPS) is 26.7. The molecule has 11 heavy (non-hydrogen) atoms. The van der Waals surface area contributed by atoms with Crippen LogP contribution in [0.15, 0.2) is 0 Å². The lowest BCUT2D eigenvalue weighted by atomic mass is 10.2. The largest absolute Gasteiger partial charge is 0.362 e. The number of nitrogens with zero attached hydrogens (tertiary/aromatic N) is 1. The zero-order valence-electron chi connectivity index (χ0n) is 7.84. The van der Waals surface area contributed by atoms with E-state index in [-0.39, 0.29) is 0 Å². The maximum absolute atomic E-state index is 5.61. The molecule has 0 spiro atoms. The van der Waals surface area contributed by atoms with E-state index in [1.54, 1.807) is 0 Å². The van der Waals surface area contributed by atoms with Crippen LogP contribution < -0.4 is 0 Å². The Morgan fingerprint density at radius 3 is 2.82 bits per heavy atom. The summed E-state index contributed by atoms with van der Waals surface area (Å²) < 4.78 is 5.61. The summed E-state index contributed by atoms with van der Waals surface area (Å²) >= 11 is 0. The van der Waals surface area contributed by atoms with Crippen LogP contribution in [0.5, 0.6) is 0 Å². The molecule has 1 rings (SSSR count). The topological polar surface area (TPSA) is 12.5 Å². The highest BCUT2D eigenvalue weighted by molar-refractivity contribution is 4.71.